The van der Waals surface area contributed by atoms with Gasteiger partial charge in [-0.05, 0) is 37.8 Å². The first-order chi connectivity index (χ1) is 8.40. The van der Waals surface area contributed by atoms with Crippen LogP contribution in [0.4, 0.5) is 0 Å². The van der Waals surface area contributed by atoms with Crippen molar-refractivity contribution >= 4 is 0 Å². The third kappa shape index (κ3) is 4.35. The van der Waals surface area contributed by atoms with Gasteiger partial charge in [0.15, 0.2) is 0 Å². The summed E-state index contributed by atoms with van der Waals surface area (Å²) >= 11 is 0. The van der Waals surface area contributed by atoms with Crippen LogP contribution in [0.25, 0.3) is 0 Å². The smallest absolute Gasteiger partial charge is 0.0524 e. The Morgan fingerprint density at radius 1 is 1.00 bits per heavy atom. The minimum atomic E-state index is 0.485. The van der Waals surface area contributed by atoms with E-state index in [0.29, 0.717) is 12.0 Å². The molecule has 2 aromatic heterocycles. The Balaban J connectivity index is 0.000000180. The fraction of sp³-hybridized carbons (Fsp3) is 0.571. The maximum absolute atomic E-state index is 4.13. The fourth-order valence-corrected chi connectivity index (χ4v) is 1.45. The largest absolute Gasteiger partial charge is 0.276 e. The van der Waals surface area contributed by atoms with Crippen molar-refractivity contribution in [1.82, 2.24) is 19.6 Å². The lowest BCUT2D eigenvalue weighted by atomic mass is 10.1. The fourth-order valence-electron chi connectivity index (χ4n) is 1.45. The van der Waals surface area contributed by atoms with Crippen molar-refractivity contribution in [3.05, 3.63) is 35.9 Å². The Morgan fingerprint density at radius 3 is 1.89 bits per heavy atom. The molecule has 0 aromatic carbocycles. The standard InChI is InChI=1S/2C7H12N2/c1-6(2)7-4-8-9(3)5-7;1-6(2)9-5-7(3)4-8-9/h2*4-6H,1-3H3. The monoisotopic (exact) mass is 248 g/mol. The molecule has 0 saturated carbocycles. The van der Waals surface area contributed by atoms with Crippen LogP contribution < -0.4 is 0 Å². The van der Waals surface area contributed by atoms with Crippen molar-refractivity contribution in [3.8, 4) is 0 Å². The predicted octanol–water partition coefficient (Wildman–Crippen LogP) is 3.32. The first-order valence-electron chi connectivity index (χ1n) is 6.39. The van der Waals surface area contributed by atoms with Crippen molar-refractivity contribution in [2.45, 2.75) is 46.6 Å². The molecule has 0 N–H and O–H groups in total. The average molecular weight is 248 g/mol. The van der Waals surface area contributed by atoms with E-state index in [9.17, 15) is 0 Å². The molecule has 0 amide bonds. The lowest BCUT2D eigenvalue weighted by Crippen LogP contribution is -1.99. The molecule has 100 valence electrons. The molecule has 0 aliphatic carbocycles. The molecule has 4 heteroatoms. The molecule has 4 nitrogen and oxygen atoms in total. The second-order valence-corrected chi connectivity index (χ2v) is 5.19. The topological polar surface area (TPSA) is 35.6 Å². The van der Waals surface area contributed by atoms with Crippen LogP contribution in [0.1, 0.15) is 50.8 Å². The zero-order chi connectivity index (χ0) is 13.7. The molecule has 0 radical (unpaired) electrons. The van der Waals surface area contributed by atoms with Gasteiger partial charge in [0, 0.05) is 25.5 Å². The van der Waals surface area contributed by atoms with Crippen LogP contribution in [-0.2, 0) is 7.05 Å². The highest BCUT2D eigenvalue weighted by atomic mass is 15.3. The third-order valence-electron chi connectivity index (χ3n) is 2.65. The van der Waals surface area contributed by atoms with E-state index in [1.807, 2.05) is 48.1 Å². The summed E-state index contributed by atoms with van der Waals surface area (Å²) in [5, 5.41) is 8.19. The van der Waals surface area contributed by atoms with Crippen LogP contribution in [-0.4, -0.2) is 19.6 Å². The molecule has 0 aliphatic heterocycles. The van der Waals surface area contributed by atoms with Gasteiger partial charge in [-0.3, -0.25) is 9.36 Å². The zero-order valence-electron chi connectivity index (χ0n) is 12.3. The number of nitrogens with zero attached hydrogens (tertiary/aromatic N) is 4. The van der Waals surface area contributed by atoms with Gasteiger partial charge in [-0.25, -0.2) is 0 Å². The first kappa shape index (κ1) is 14.5. The van der Waals surface area contributed by atoms with Crippen LogP contribution in [0.3, 0.4) is 0 Å². The van der Waals surface area contributed by atoms with E-state index in [-0.39, 0.29) is 0 Å². The number of rotatable bonds is 2. The second kappa shape index (κ2) is 6.38. The van der Waals surface area contributed by atoms with Gasteiger partial charge in [0.1, 0.15) is 0 Å². The molecule has 0 unspecified atom stereocenters. The summed E-state index contributed by atoms with van der Waals surface area (Å²) in [6, 6.07) is 0.485. The van der Waals surface area contributed by atoms with Crippen molar-refractivity contribution in [2.75, 3.05) is 0 Å². The lowest BCUT2D eigenvalue weighted by Gasteiger charge is -2.02. The average Bonchev–Trinajstić information content (AvgIpc) is 2.88. The molecule has 18 heavy (non-hydrogen) atoms. The van der Waals surface area contributed by atoms with Gasteiger partial charge in [0.05, 0.1) is 12.4 Å². The molecule has 2 aromatic rings. The quantitative estimate of drug-likeness (QED) is 0.817. The summed E-state index contributed by atoms with van der Waals surface area (Å²) in [5.74, 6) is 0.596. The molecule has 0 bridgehead atoms. The molecular weight excluding hydrogens is 224 g/mol. The van der Waals surface area contributed by atoms with Crippen LogP contribution in [0.5, 0.6) is 0 Å². The summed E-state index contributed by atoms with van der Waals surface area (Å²) < 4.78 is 3.78. The van der Waals surface area contributed by atoms with E-state index < -0.39 is 0 Å². The maximum atomic E-state index is 4.13. The molecule has 2 rings (SSSR count). The highest BCUT2D eigenvalue weighted by Gasteiger charge is 1.98. The Morgan fingerprint density at radius 2 is 1.67 bits per heavy atom. The summed E-state index contributed by atoms with van der Waals surface area (Å²) in [5.41, 5.74) is 2.53. The Kier molecular flexibility index (Phi) is 5.13. The predicted molar refractivity (Wildman–Crippen MR) is 74.6 cm³/mol. The minimum Gasteiger partial charge on any atom is -0.276 e. The summed E-state index contributed by atoms with van der Waals surface area (Å²) in [6.45, 7) is 10.6. The van der Waals surface area contributed by atoms with E-state index >= 15 is 0 Å². The van der Waals surface area contributed by atoms with Gasteiger partial charge < -0.3 is 0 Å². The number of aromatic nitrogens is 4. The van der Waals surface area contributed by atoms with Crippen molar-refractivity contribution < 1.29 is 0 Å². The van der Waals surface area contributed by atoms with Gasteiger partial charge in [0.2, 0.25) is 0 Å². The van der Waals surface area contributed by atoms with Crippen LogP contribution >= 0.6 is 0 Å². The van der Waals surface area contributed by atoms with Gasteiger partial charge in [0.25, 0.3) is 0 Å². The van der Waals surface area contributed by atoms with Crippen molar-refractivity contribution in [1.29, 1.82) is 0 Å². The summed E-state index contributed by atoms with van der Waals surface area (Å²) in [6.07, 6.45) is 7.88. The Labute approximate surface area is 110 Å². The van der Waals surface area contributed by atoms with Crippen LogP contribution in [0.15, 0.2) is 24.8 Å². The Bertz CT molecular complexity index is 421. The molecule has 2 heterocycles. The summed E-state index contributed by atoms with van der Waals surface area (Å²) in [4.78, 5) is 0. The highest BCUT2D eigenvalue weighted by Crippen LogP contribution is 2.10. The van der Waals surface area contributed by atoms with E-state index in [4.69, 9.17) is 0 Å². The Hall–Kier alpha value is -1.58. The van der Waals surface area contributed by atoms with E-state index in [0.717, 1.165) is 0 Å². The highest BCUT2D eigenvalue weighted by molar-refractivity contribution is 5.08. The lowest BCUT2D eigenvalue weighted by molar-refractivity contribution is 0.532. The van der Waals surface area contributed by atoms with E-state index in [1.165, 1.54) is 11.1 Å². The van der Waals surface area contributed by atoms with E-state index in [2.05, 4.69) is 37.9 Å². The van der Waals surface area contributed by atoms with Crippen molar-refractivity contribution in [2.24, 2.45) is 7.05 Å². The first-order valence-corrected chi connectivity index (χ1v) is 6.39. The molecule has 0 atom stereocenters. The van der Waals surface area contributed by atoms with Crippen LogP contribution in [0.2, 0.25) is 0 Å². The molecular formula is C14H24N4. The second-order valence-electron chi connectivity index (χ2n) is 5.19. The number of hydrogen-bond acceptors (Lipinski definition) is 2. The SMILES string of the molecule is CC(C)c1cnn(C)c1.Cc1cnn(C(C)C)c1. The molecule has 0 aliphatic rings. The third-order valence-corrected chi connectivity index (χ3v) is 2.65. The maximum Gasteiger partial charge on any atom is 0.0524 e. The normalized spacial score (nSPS) is 10.7. The van der Waals surface area contributed by atoms with Gasteiger partial charge >= 0.3 is 0 Å². The van der Waals surface area contributed by atoms with Crippen LogP contribution in [0, 0.1) is 6.92 Å². The van der Waals surface area contributed by atoms with E-state index in [1.54, 1.807) is 0 Å². The van der Waals surface area contributed by atoms with Gasteiger partial charge in [-0.15, -0.1) is 0 Å². The molecule has 0 fully saturated rings. The molecule has 0 spiro atoms. The number of aryl methyl sites for hydroxylation is 2. The zero-order valence-corrected chi connectivity index (χ0v) is 12.3. The van der Waals surface area contributed by atoms with Gasteiger partial charge in [-0.1, -0.05) is 13.8 Å². The molecule has 0 saturated heterocycles. The number of hydrogen-bond donors (Lipinski definition) is 0. The van der Waals surface area contributed by atoms with Crippen molar-refractivity contribution in [3.63, 3.8) is 0 Å². The minimum absolute atomic E-state index is 0.485. The van der Waals surface area contributed by atoms with Gasteiger partial charge in [-0.2, -0.15) is 10.2 Å². The summed E-state index contributed by atoms with van der Waals surface area (Å²) in [7, 11) is 1.94.